The van der Waals surface area contributed by atoms with E-state index in [9.17, 15) is 0 Å². The highest BCUT2D eigenvalue weighted by atomic mass is 16.4. The average Bonchev–Trinajstić information content (AvgIpc) is 2.87. The average molecular weight is 448 g/mol. The zero-order valence-corrected chi connectivity index (χ0v) is 18.2. The van der Waals surface area contributed by atoms with Gasteiger partial charge in [-0.25, -0.2) is 0 Å². The second-order valence-corrected chi connectivity index (χ2v) is 7.69. The molecule has 0 aliphatic heterocycles. The van der Waals surface area contributed by atoms with Crippen LogP contribution in [0.15, 0.2) is 107 Å². The van der Waals surface area contributed by atoms with Gasteiger partial charge in [0.1, 0.15) is 0 Å². The molecule has 0 aromatic heterocycles. The Morgan fingerprint density at radius 1 is 0.441 bits per heavy atom. The Morgan fingerprint density at radius 3 is 1.06 bits per heavy atom. The Morgan fingerprint density at radius 2 is 0.765 bits per heavy atom. The molecule has 0 fully saturated rings. The van der Waals surface area contributed by atoms with Crippen LogP contribution in [0, 0.1) is 0 Å². The van der Waals surface area contributed by atoms with Gasteiger partial charge >= 0.3 is 14.2 Å². The van der Waals surface area contributed by atoms with Crippen LogP contribution in [0.5, 0.6) is 0 Å². The molecule has 6 nitrogen and oxygen atoms in total. The van der Waals surface area contributed by atoms with Crippen molar-refractivity contribution >= 4 is 49.0 Å². The van der Waals surface area contributed by atoms with Crippen molar-refractivity contribution in [2.45, 2.75) is 0 Å². The summed E-state index contributed by atoms with van der Waals surface area (Å²) in [6.07, 6.45) is 3.46. The van der Waals surface area contributed by atoms with Crippen molar-refractivity contribution in [2.24, 2.45) is 9.98 Å². The van der Waals surface area contributed by atoms with Crippen LogP contribution in [-0.2, 0) is 0 Å². The minimum atomic E-state index is -1.47. The zero-order valence-electron chi connectivity index (χ0n) is 18.2. The van der Waals surface area contributed by atoms with Crippen molar-refractivity contribution < 1.29 is 20.1 Å². The molecule has 166 valence electrons. The summed E-state index contributed by atoms with van der Waals surface area (Å²) in [5, 5.41) is 36.6. The molecule has 4 aromatic rings. The lowest BCUT2D eigenvalue weighted by atomic mass is 9.80. The summed E-state index contributed by atoms with van der Waals surface area (Å²) in [5.41, 5.74) is 6.37. The molecule has 0 heterocycles. The van der Waals surface area contributed by atoms with Crippen LogP contribution in [-0.4, -0.2) is 46.8 Å². The first-order valence-corrected chi connectivity index (χ1v) is 10.7. The van der Waals surface area contributed by atoms with Gasteiger partial charge in [0, 0.05) is 12.4 Å². The van der Waals surface area contributed by atoms with E-state index in [-0.39, 0.29) is 0 Å². The van der Waals surface area contributed by atoms with Crippen LogP contribution in [0.4, 0.5) is 11.4 Å². The van der Waals surface area contributed by atoms with Crippen LogP contribution in [0.2, 0.25) is 0 Å². The predicted octanol–water partition coefficient (Wildman–Crippen LogP) is 2.21. The van der Waals surface area contributed by atoms with E-state index in [2.05, 4.69) is 9.98 Å². The quantitative estimate of drug-likeness (QED) is 0.257. The van der Waals surface area contributed by atoms with Crippen LogP contribution in [0.1, 0.15) is 11.1 Å². The first-order chi connectivity index (χ1) is 16.5. The Bertz CT molecular complexity index is 1170. The molecule has 0 atom stereocenters. The summed E-state index contributed by atoms with van der Waals surface area (Å²) in [6.45, 7) is 0. The summed E-state index contributed by atoms with van der Waals surface area (Å²) in [7, 11) is -2.94. The van der Waals surface area contributed by atoms with Gasteiger partial charge in [0.05, 0.1) is 11.4 Å². The smallest absolute Gasteiger partial charge is 0.423 e. The van der Waals surface area contributed by atoms with E-state index in [1.807, 2.05) is 48.5 Å². The van der Waals surface area contributed by atoms with Crippen LogP contribution in [0.25, 0.3) is 11.1 Å². The summed E-state index contributed by atoms with van der Waals surface area (Å²) < 4.78 is 0. The molecule has 0 unspecified atom stereocenters. The van der Waals surface area contributed by atoms with Crippen LogP contribution < -0.4 is 10.9 Å². The van der Waals surface area contributed by atoms with Crippen LogP contribution >= 0.6 is 0 Å². The number of rotatable bonds is 7. The molecule has 0 radical (unpaired) electrons. The lowest BCUT2D eigenvalue weighted by molar-refractivity contribution is 0.424. The first-order valence-electron chi connectivity index (χ1n) is 10.7. The third kappa shape index (κ3) is 6.15. The van der Waals surface area contributed by atoms with Gasteiger partial charge < -0.3 is 20.1 Å². The molecule has 0 aliphatic carbocycles. The van der Waals surface area contributed by atoms with Crippen molar-refractivity contribution in [3.05, 3.63) is 108 Å². The molecule has 0 aliphatic rings. The highest BCUT2D eigenvalue weighted by Gasteiger charge is 2.10. The van der Waals surface area contributed by atoms with Gasteiger partial charge in [-0.05, 0) is 57.4 Å². The second kappa shape index (κ2) is 10.9. The third-order valence-electron chi connectivity index (χ3n) is 5.26. The number of aliphatic imine (C=N–C) groups is 2. The van der Waals surface area contributed by atoms with Crippen molar-refractivity contribution in [1.82, 2.24) is 0 Å². The molecule has 0 saturated heterocycles. The van der Waals surface area contributed by atoms with E-state index in [0.717, 1.165) is 33.6 Å². The first kappa shape index (κ1) is 23.4. The van der Waals surface area contributed by atoms with E-state index >= 15 is 0 Å². The third-order valence-corrected chi connectivity index (χ3v) is 5.26. The molecular weight excluding hydrogens is 426 g/mol. The largest absolute Gasteiger partial charge is 0.488 e. The zero-order chi connectivity index (χ0) is 23.9. The maximum Gasteiger partial charge on any atom is 0.488 e. The fourth-order valence-electron chi connectivity index (χ4n) is 3.29. The van der Waals surface area contributed by atoms with E-state index in [1.54, 1.807) is 61.0 Å². The Labute approximate surface area is 198 Å². The summed E-state index contributed by atoms with van der Waals surface area (Å²) in [6, 6.07) is 29.5. The molecule has 4 rings (SSSR count). The Balaban J connectivity index is 1.38. The normalized spacial score (nSPS) is 11.3. The minimum absolute atomic E-state index is 0.440. The van der Waals surface area contributed by atoms with Gasteiger partial charge in [-0.15, -0.1) is 0 Å². The lowest BCUT2D eigenvalue weighted by Crippen LogP contribution is -2.29. The SMILES string of the molecule is OB(O)c1ccc(C=Nc2ccc(-c3ccc(N=Cc4ccc(B(O)O)cc4)cc3)cc2)cc1. The molecule has 8 heteroatoms. The maximum atomic E-state index is 9.16. The number of benzene rings is 4. The Kier molecular flexibility index (Phi) is 7.47. The van der Waals surface area contributed by atoms with E-state index in [1.165, 1.54) is 0 Å². The summed E-state index contributed by atoms with van der Waals surface area (Å²) in [5.74, 6) is 0. The van der Waals surface area contributed by atoms with Gasteiger partial charge in [0.15, 0.2) is 0 Å². The van der Waals surface area contributed by atoms with Crippen molar-refractivity contribution in [3.8, 4) is 11.1 Å². The molecule has 4 N–H and O–H groups in total. The number of hydrogen-bond donors (Lipinski definition) is 4. The molecule has 0 amide bonds. The van der Waals surface area contributed by atoms with E-state index in [0.29, 0.717) is 10.9 Å². The summed E-state index contributed by atoms with van der Waals surface area (Å²) in [4.78, 5) is 8.94. The standard InChI is InChI=1S/C26H22B2N2O4/c31-27(32)23-9-1-19(2-10-23)17-29-25-13-5-21(6-14-25)22-7-15-26(16-8-22)30-18-20-3-11-24(12-4-20)28(33)34/h1-18,31-34H. The second-order valence-electron chi connectivity index (χ2n) is 7.69. The molecule has 0 saturated carbocycles. The predicted molar refractivity (Wildman–Crippen MR) is 139 cm³/mol. The molecular formula is C26H22B2N2O4. The fraction of sp³-hybridized carbons (Fsp3) is 0. The lowest BCUT2D eigenvalue weighted by Gasteiger charge is -2.03. The minimum Gasteiger partial charge on any atom is -0.423 e. The molecule has 0 spiro atoms. The van der Waals surface area contributed by atoms with Crippen molar-refractivity contribution in [2.75, 3.05) is 0 Å². The van der Waals surface area contributed by atoms with Crippen molar-refractivity contribution in [1.29, 1.82) is 0 Å². The molecule has 34 heavy (non-hydrogen) atoms. The monoisotopic (exact) mass is 448 g/mol. The topological polar surface area (TPSA) is 106 Å². The van der Waals surface area contributed by atoms with Gasteiger partial charge in [0.25, 0.3) is 0 Å². The van der Waals surface area contributed by atoms with E-state index in [4.69, 9.17) is 20.1 Å². The molecule has 4 aromatic carbocycles. The Hall–Kier alpha value is -3.81. The van der Waals surface area contributed by atoms with Crippen LogP contribution in [0.3, 0.4) is 0 Å². The van der Waals surface area contributed by atoms with Gasteiger partial charge in [-0.2, -0.15) is 0 Å². The number of hydrogen-bond acceptors (Lipinski definition) is 6. The van der Waals surface area contributed by atoms with E-state index < -0.39 is 14.2 Å². The fourth-order valence-corrected chi connectivity index (χ4v) is 3.29. The highest BCUT2D eigenvalue weighted by Crippen LogP contribution is 2.25. The maximum absolute atomic E-state index is 9.16. The van der Waals surface area contributed by atoms with Gasteiger partial charge in [0.2, 0.25) is 0 Å². The summed E-state index contributed by atoms with van der Waals surface area (Å²) >= 11 is 0. The van der Waals surface area contributed by atoms with Gasteiger partial charge in [-0.3, -0.25) is 9.98 Å². The highest BCUT2D eigenvalue weighted by molar-refractivity contribution is 6.58. The molecule has 0 bridgehead atoms. The van der Waals surface area contributed by atoms with Crippen molar-refractivity contribution in [3.63, 3.8) is 0 Å². The number of nitrogens with zero attached hydrogens (tertiary/aromatic N) is 2. The van der Waals surface area contributed by atoms with Gasteiger partial charge in [-0.1, -0.05) is 72.8 Å².